The number of alkyl carbamates (subject to hydrolysis) is 1. The zero-order valence-corrected chi connectivity index (χ0v) is 8.90. The SMILES string of the molecule is C=CCOC(=O)NC1(C(=O)O)CCOCC1. The summed E-state index contributed by atoms with van der Waals surface area (Å²) in [6, 6.07) is 0. The lowest BCUT2D eigenvalue weighted by molar-refractivity contribution is -0.148. The fourth-order valence-corrected chi connectivity index (χ4v) is 1.48. The second-order valence-electron chi connectivity index (χ2n) is 3.51. The monoisotopic (exact) mass is 229 g/mol. The minimum atomic E-state index is -1.27. The summed E-state index contributed by atoms with van der Waals surface area (Å²) >= 11 is 0. The van der Waals surface area contributed by atoms with Crippen molar-refractivity contribution < 1.29 is 24.2 Å². The zero-order valence-electron chi connectivity index (χ0n) is 8.90. The molecule has 2 N–H and O–H groups in total. The van der Waals surface area contributed by atoms with Crippen molar-refractivity contribution in [1.82, 2.24) is 5.32 Å². The Labute approximate surface area is 93.2 Å². The molecule has 6 nitrogen and oxygen atoms in total. The highest BCUT2D eigenvalue weighted by atomic mass is 16.5. The molecule has 1 aliphatic heterocycles. The molecule has 0 aromatic heterocycles. The number of carbonyl (C=O) groups is 2. The summed E-state index contributed by atoms with van der Waals surface area (Å²) in [7, 11) is 0. The van der Waals surface area contributed by atoms with Gasteiger partial charge in [0.2, 0.25) is 0 Å². The predicted octanol–water partition coefficient (Wildman–Crippen LogP) is 0.532. The molecule has 1 saturated heterocycles. The van der Waals surface area contributed by atoms with Gasteiger partial charge in [0.1, 0.15) is 12.1 Å². The summed E-state index contributed by atoms with van der Waals surface area (Å²) in [6.45, 7) is 4.07. The van der Waals surface area contributed by atoms with Crippen LogP contribution >= 0.6 is 0 Å². The molecule has 6 heteroatoms. The van der Waals surface area contributed by atoms with Gasteiger partial charge in [0, 0.05) is 26.1 Å². The van der Waals surface area contributed by atoms with E-state index in [1.165, 1.54) is 6.08 Å². The molecule has 1 rings (SSSR count). The Kier molecular flexibility index (Phi) is 4.30. The van der Waals surface area contributed by atoms with E-state index in [2.05, 4.69) is 11.9 Å². The molecule has 0 unspecified atom stereocenters. The van der Waals surface area contributed by atoms with Gasteiger partial charge in [-0.3, -0.25) is 0 Å². The van der Waals surface area contributed by atoms with Crippen LogP contribution in [0.3, 0.4) is 0 Å². The van der Waals surface area contributed by atoms with E-state index in [-0.39, 0.29) is 19.4 Å². The van der Waals surface area contributed by atoms with Crippen LogP contribution in [0.4, 0.5) is 4.79 Å². The molecule has 0 aromatic rings. The lowest BCUT2D eigenvalue weighted by Gasteiger charge is -2.33. The fraction of sp³-hybridized carbons (Fsp3) is 0.600. The summed E-state index contributed by atoms with van der Waals surface area (Å²) in [4.78, 5) is 22.4. The number of hydrogen-bond acceptors (Lipinski definition) is 4. The Balaban J connectivity index is 2.60. The maximum absolute atomic E-state index is 11.3. The number of carboxylic acid groups (broad SMARTS) is 1. The third-order valence-corrected chi connectivity index (χ3v) is 2.43. The molecule has 1 amide bonds. The molecule has 0 bridgehead atoms. The van der Waals surface area contributed by atoms with Crippen molar-refractivity contribution in [3.05, 3.63) is 12.7 Å². The minimum absolute atomic E-state index is 0.0536. The van der Waals surface area contributed by atoms with Gasteiger partial charge in [-0.2, -0.15) is 0 Å². The molecule has 0 aliphatic carbocycles. The molecule has 0 saturated carbocycles. The summed E-state index contributed by atoms with van der Waals surface area (Å²) in [5, 5.41) is 11.5. The van der Waals surface area contributed by atoms with E-state index in [1.807, 2.05) is 0 Å². The predicted molar refractivity (Wildman–Crippen MR) is 55.1 cm³/mol. The first-order valence-corrected chi connectivity index (χ1v) is 4.98. The number of aliphatic carboxylic acids is 1. The highest BCUT2D eigenvalue weighted by Crippen LogP contribution is 2.21. The van der Waals surface area contributed by atoms with Crippen molar-refractivity contribution in [3.63, 3.8) is 0 Å². The van der Waals surface area contributed by atoms with Crippen molar-refractivity contribution in [2.45, 2.75) is 18.4 Å². The van der Waals surface area contributed by atoms with Crippen molar-refractivity contribution in [2.75, 3.05) is 19.8 Å². The average Bonchev–Trinajstić information content (AvgIpc) is 2.27. The highest BCUT2D eigenvalue weighted by molar-refractivity contribution is 5.84. The van der Waals surface area contributed by atoms with Gasteiger partial charge < -0.3 is 19.9 Å². The Hall–Kier alpha value is -1.56. The number of rotatable bonds is 4. The van der Waals surface area contributed by atoms with Crippen LogP contribution in [-0.4, -0.2) is 42.5 Å². The standard InChI is InChI=1S/C10H15NO5/c1-2-5-16-9(14)11-10(8(12)13)3-6-15-7-4-10/h2H,1,3-7H2,(H,11,14)(H,12,13). The van der Waals surface area contributed by atoms with Gasteiger partial charge in [0.15, 0.2) is 0 Å². The topological polar surface area (TPSA) is 84.9 Å². The van der Waals surface area contributed by atoms with Crippen LogP contribution in [0.2, 0.25) is 0 Å². The van der Waals surface area contributed by atoms with Crippen LogP contribution in [0.25, 0.3) is 0 Å². The first-order valence-electron chi connectivity index (χ1n) is 4.98. The van der Waals surface area contributed by atoms with Crippen LogP contribution in [0.1, 0.15) is 12.8 Å². The third kappa shape index (κ3) is 2.96. The largest absolute Gasteiger partial charge is 0.480 e. The van der Waals surface area contributed by atoms with Crippen molar-refractivity contribution >= 4 is 12.1 Å². The van der Waals surface area contributed by atoms with Gasteiger partial charge in [-0.05, 0) is 0 Å². The molecule has 0 radical (unpaired) electrons. The van der Waals surface area contributed by atoms with Gasteiger partial charge in [-0.25, -0.2) is 9.59 Å². The summed E-state index contributed by atoms with van der Waals surface area (Å²) < 4.78 is 9.76. The first-order chi connectivity index (χ1) is 7.60. The van der Waals surface area contributed by atoms with Gasteiger partial charge >= 0.3 is 12.1 Å². The van der Waals surface area contributed by atoms with E-state index in [1.54, 1.807) is 0 Å². The Bertz CT molecular complexity index is 283. The van der Waals surface area contributed by atoms with Crippen LogP contribution in [0, 0.1) is 0 Å². The van der Waals surface area contributed by atoms with Crippen molar-refractivity contribution in [2.24, 2.45) is 0 Å². The van der Waals surface area contributed by atoms with Crippen LogP contribution < -0.4 is 5.32 Å². The first kappa shape index (κ1) is 12.5. The fourth-order valence-electron chi connectivity index (χ4n) is 1.48. The normalized spacial score (nSPS) is 18.5. The van der Waals surface area contributed by atoms with E-state index < -0.39 is 17.6 Å². The van der Waals surface area contributed by atoms with E-state index in [9.17, 15) is 9.59 Å². The molecule has 1 aliphatic rings. The lowest BCUT2D eigenvalue weighted by atomic mass is 9.90. The van der Waals surface area contributed by atoms with E-state index in [0.29, 0.717) is 13.2 Å². The van der Waals surface area contributed by atoms with E-state index >= 15 is 0 Å². The number of ether oxygens (including phenoxy) is 2. The maximum atomic E-state index is 11.3. The summed E-state index contributed by atoms with van der Waals surface area (Å²) in [5.74, 6) is -1.06. The third-order valence-electron chi connectivity index (χ3n) is 2.43. The molecule has 16 heavy (non-hydrogen) atoms. The number of hydrogen-bond donors (Lipinski definition) is 2. The lowest BCUT2D eigenvalue weighted by Crippen LogP contribution is -2.57. The molecule has 90 valence electrons. The van der Waals surface area contributed by atoms with Crippen LogP contribution in [0.5, 0.6) is 0 Å². The van der Waals surface area contributed by atoms with Gasteiger partial charge in [0.05, 0.1) is 0 Å². The second-order valence-corrected chi connectivity index (χ2v) is 3.51. The minimum Gasteiger partial charge on any atom is -0.480 e. The molecule has 0 spiro atoms. The molecule has 0 aromatic carbocycles. The summed E-state index contributed by atoms with van der Waals surface area (Å²) in [5.41, 5.74) is -1.27. The number of amides is 1. The molecule has 1 fully saturated rings. The van der Waals surface area contributed by atoms with Gasteiger partial charge in [0.25, 0.3) is 0 Å². The van der Waals surface area contributed by atoms with Crippen LogP contribution in [-0.2, 0) is 14.3 Å². The smallest absolute Gasteiger partial charge is 0.408 e. The maximum Gasteiger partial charge on any atom is 0.408 e. The Morgan fingerprint density at radius 2 is 2.12 bits per heavy atom. The van der Waals surface area contributed by atoms with Crippen molar-refractivity contribution in [3.8, 4) is 0 Å². The molecule has 0 atom stereocenters. The van der Waals surface area contributed by atoms with E-state index in [0.717, 1.165) is 0 Å². The zero-order chi connectivity index (χ0) is 12.0. The van der Waals surface area contributed by atoms with Gasteiger partial charge in [-0.1, -0.05) is 12.7 Å². The Morgan fingerprint density at radius 3 is 2.62 bits per heavy atom. The van der Waals surface area contributed by atoms with E-state index in [4.69, 9.17) is 14.6 Å². The quantitative estimate of drug-likeness (QED) is 0.687. The van der Waals surface area contributed by atoms with Crippen molar-refractivity contribution in [1.29, 1.82) is 0 Å². The molecular weight excluding hydrogens is 214 g/mol. The average molecular weight is 229 g/mol. The summed E-state index contributed by atoms with van der Waals surface area (Å²) in [6.07, 6.45) is 1.15. The highest BCUT2D eigenvalue weighted by Gasteiger charge is 2.42. The molecule has 1 heterocycles. The number of carboxylic acids is 1. The number of carbonyl (C=O) groups excluding carboxylic acids is 1. The number of nitrogens with one attached hydrogen (secondary N) is 1. The Morgan fingerprint density at radius 1 is 1.50 bits per heavy atom. The van der Waals surface area contributed by atoms with Gasteiger partial charge in [-0.15, -0.1) is 0 Å². The molecular formula is C10H15NO5. The second kappa shape index (κ2) is 5.50. The van der Waals surface area contributed by atoms with Crippen LogP contribution in [0.15, 0.2) is 12.7 Å².